The van der Waals surface area contributed by atoms with Gasteiger partial charge in [-0.25, -0.2) is 0 Å². The van der Waals surface area contributed by atoms with E-state index in [1.165, 1.54) is 13.2 Å². The van der Waals surface area contributed by atoms with Crippen LogP contribution in [0.4, 0.5) is 0 Å². The van der Waals surface area contributed by atoms with Crippen molar-refractivity contribution in [3.05, 3.63) is 70.3 Å². The second kappa shape index (κ2) is 9.73. The number of hydrogen-bond donors (Lipinski definition) is 1. The van der Waals surface area contributed by atoms with E-state index < -0.39 is 17.7 Å². The minimum absolute atomic E-state index is 0.0596. The van der Waals surface area contributed by atoms with Crippen LogP contribution in [0.3, 0.4) is 0 Å². The molecule has 8 heteroatoms. The second-order valence-electron chi connectivity index (χ2n) is 7.71. The number of halogens is 1. The standard InChI is InChI=1S/C24H25ClN2O5/c1-31-19-8-7-17(15-18(19)25)22(28)20-21(16-5-3-2-4-6-16)27(24(30)23(20)29)10-9-26-11-13-32-14-12-26/h2-8,15,21,28H,9-14H2,1H3/b22-20+/t21-/m1/s1. The lowest BCUT2D eigenvalue weighted by Crippen LogP contribution is -2.42. The first-order chi connectivity index (χ1) is 15.5. The molecular formula is C24H25ClN2O5. The summed E-state index contributed by atoms with van der Waals surface area (Å²) in [6.07, 6.45) is 0. The molecule has 0 unspecified atom stereocenters. The van der Waals surface area contributed by atoms with Crippen LogP contribution in [-0.2, 0) is 14.3 Å². The molecule has 2 heterocycles. The number of methoxy groups -OCH3 is 1. The smallest absolute Gasteiger partial charge is 0.295 e. The molecule has 0 spiro atoms. The topological polar surface area (TPSA) is 79.3 Å². The van der Waals surface area contributed by atoms with E-state index in [4.69, 9.17) is 21.1 Å². The number of morpholine rings is 1. The zero-order valence-corrected chi connectivity index (χ0v) is 18.5. The van der Waals surface area contributed by atoms with Crippen LogP contribution < -0.4 is 4.74 Å². The van der Waals surface area contributed by atoms with E-state index in [9.17, 15) is 14.7 Å². The largest absolute Gasteiger partial charge is 0.507 e. The van der Waals surface area contributed by atoms with Gasteiger partial charge in [-0.05, 0) is 23.8 Å². The van der Waals surface area contributed by atoms with Crippen molar-refractivity contribution in [2.45, 2.75) is 6.04 Å². The number of ketones is 1. The molecule has 0 bridgehead atoms. The Morgan fingerprint density at radius 2 is 1.84 bits per heavy atom. The third-order valence-electron chi connectivity index (χ3n) is 5.84. The number of aliphatic hydroxyl groups is 1. The fourth-order valence-corrected chi connectivity index (χ4v) is 4.39. The maximum atomic E-state index is 13.1. The van der Waals surface area contributed by atoms with Gasteiger partial charge in [0.05, 0.1) is 37.0 Å². The van der Waals surface area contributed by atoms with Crippen molar-refractivity contribution in [2.24, 2.45) is 0 Å². The van der Waals surface area contributed by atoms with Crippen molar-refractivity contribution in [1.29, 1.82) is 0 Å². The Hall–Kier alpha value is -2.87. The van der Waals surface area contributed by atoms with Crippen LogP contribution in [0, 0.1) is 0 Å². The van der Waals surface area contributed by atoms with E-state index in [-0.39, 0.29) is 11.3 Å². The Morgan fingerprint density at radius 3 is 2.50 bits per heavy atom. The minimum Gasteiger partial charge on any atom is -0.507 e. The average molecular weight is 457 g/mol. The van der Waals surface area contributed by atoms with Crippen LogP contribution in [0.25, 0.3) is 5.76 Å². The summed E-state index contributed by atoms with van der Waals surface area (Å²) < 4.78 is 10.6. The number of hydrogen-bond acceptors (Lipinski definition) is 6. The molecule has 7 nitrogen and oxygen atoms in total. The molecule has 2 saturated heterocycles. The Morgan fingerprint density at radius 1 is 1.12 bits per heavy atom. The minimum atomic E-state index is -0.703. The van der Waals surface area contributed by atoms with Crippen molar-refractivity contribution in [1.82, 2.24) is 9.80 Å². The lowest BCUT2D eigenvalue weighted by molar-refractivity contribution is -0.140. The summed E-state index contributed by atoms with van der Waals surface area (Å²) in [6, 6.07) is 13.3. The predicted molar refractivity (Wildman–Crippen MR) is 121 cm³/mol. The zero-order chi connectivity index (χ0) is 22.7. The summed E-state index contributed by atoms with van der Waals surface area (Å²) in [6.45, 7) is 3.85. The molecule has 1 amide bonds. The van der Waals surface area contributed by atoms with Gasteiger partial charge in [-0.15, -0.1) is 0 Å². The Kier molecular flexibility index (Phi) is 6.79. The van der Waals surface area contributed by atoms with Crippen LogP contribution in [0.2, 0.25) is 5.02 Å². The molecule has 2 aliphatic rings. The van der Waals surface area contributed by atoms with Gasteiger partial charge in [-0.1, -0.05) is 41.9 Å². The predicted octanol–water partition coefficient (Wildman–Crippen LogP) is 3.10. The number of aliphatic hydroxyl groups excluding tert-OH is 1. The zero-order valence-electron chi connectivity index (χ0n) is 17.8. The van der Waals surface area contributed by atoms with Gasteiger partial charge in [0.15, 0.2) is 0 Å². The number of benzene rings is 2. The van der Waals surface area contributed by atoms with E-state index in [0.717, 1.165) is 18.7 Å². The molecule has 0 aliphatic carbocycles. The third-order valence-corrected chi connectivity index (χ3v) is 6.14. The quantitative estimate of drug-likeness (QED) is 0.409. The highest BCUT2D eigenvalue weighted by Crippen LogP contribution is 2.40. The number of likely N-dealkylation sites (tertiary alicyclic amines) is 1. The number of amides is 1. The van der Waals surface area contributed by atoms with Gasteiger partial charge in [-0.3, -0.25) is 14.5 Å². The average Bonchev–Trinajstić information content (AvgIpc) is 3.08. The summed E-state index contributed by atoms with van der Waals surface area (Å²) in [7, 11) is 1.50. The maximum Gasteiger partial charge on any atom is 0.295 e. The van der Waals surface area contributed by atoms with Gasteiger partial charge in [0.25, 0.3) is 11.7 Å². The summed E-state index contributed by atoms with van der Waals surface area (Å²) in [5.74, 6) is -1.12. The maximum absolute atomic E-state index is 13.1. The van der Waals surface area contributed by atoms with Crippen molar-refractivity contribution < 1.29 is 24.2 Å². The lowest BCUT2D eigenvalue weighted by atomic mass is 9.95. The summed E-state index contributed by atoms with van der Waals surface area (Å²) in [5.41, 5.74) is 1.17. The Balaban J connectivity index is 1.72. The van der Waals surface area contributed by atoms with Crippen molar-refractivity contribution in [3.8, 4) is 5.75 Å². The molecule has 0 aromatic heterocycles. The summed E-state index contributed by atoms with van der Waals surface area (Å²) in [5, 5.41) is 11.4. The number of rotatable bonds is 6. The number of nitrogens with zero attached hydrogens (tertiary/aromatic N) is 2. The first kappa shape index (κ1) is 22.3. The van der Waals surface area contributed by atoms with E-state index in [1.807, 2.05) is 30.3 Å². The van der Waals surface area contributed by atoms with Crippen LogP contribution >= 0.6 is 11.6 Å². The molecule has 168 valence electrons. The molecule has 2 aliphatic heterocycles. The molecule has 1 N–H and O–H groups in total. The highest BCUT2D eigenvalue weighted by Gasteiger charge is 2.46. The van der Waals surface area contributed by atoms with Gasteiger partial charge in [0, 0.05) is 31.7 Å². The lowest BCUT2D eigenvalue weighted by Gasteiger charge is -2.31. The van der Waals surface area contributed by atoms with E-state index >= 15 is 0 Å². The highest BCUT2D eigenvalue weighted by atomic mass is 35.5. The normalized spacial score (nSPS) is 21.2. The van der Waals surface area contributed by atoms with Crippen LogP contribution in [0.1, 0.15) is 17.2 Å². The Bertz CT molecular complexity index is 1030. The SMILES string of the molecule is COc1ccc(/C(O)=C2\C(=O)C(=O)N(CCN3CCOCC3)[C@@H]2c2ccccc2)cc1Cl. The Labute approximate surface area is 191 Å². The molecule has 2 aromatic carbocycles. The summed E-state index contributed by atoms with van der Waals surface area (Å²) >= 11 is 6.23. The molecule has 32 heavy (non-hydrogen) atoms. The van der Waals surface area contributed by atoms with E-state index in [0.29, 0.717) is 42.6 Å². The van der Waals surface area contributed by atoms with Crippen molar-refractivity contribution >= 4 is 29.1 Å². The van der Waals surface area contributed by atoms with Gasteiger partial charge in [-0.2, -0.15) is 0 Å². The van der Waals surface area contributed by atoms with Gasteiger partial charge in [0.1, 0.15) is 11.5 Å². The van der Waals surface area contributed by atoms with Crippen LogP contribution in [-0.4, -0.2) is 73.1 Å². The number of Topliss-reactive ketones (excluding diaryl/α,β-unsaturated/α-hetero) is 1. The molecule has 2 fully saturated rings. The molecule has 2 aromatic rings. The van der Waals surface area contributed by atoms with Crippen molar-refractivity contribution in [3.63, 3.8) is 0 Å². The molecule has 0 saturated carbocycles. The summed E-state index contributed by atoms with van der Waals surface area (Å²) in [4.78, 5) is 29.8. The fraction of sp³-hybridized carbons (Fsp3) is 0.333. The number of carbonyl (C=O) groups excluding carboxylic acids is 2. The first-order valence-corrected chi connectivity index (χ1v) is 10.9. The van der Waals surface area contributed by atoms with Gasteiger partial charge in [0.2, 0.25) is 0 Å². The first-order valence-electron chi connectivity index (χ1n) is 10.5. The monoisotopic (exact) mass is 456 g/mol. The van der Waals surface area contributed by atoms with E-state index in [2.05, 4.69) is 4.90 Å². The van der Waals surface area contributed by atoms with Crippen LogP contribution in [0.5, 0.6) is 5.75 Å². The van der Waals surface area contributed by atoms with Gasteiger partial charge >= 0.3 is 0 Å². The molecular weight excluding hydrogens is 432 g/mol. The molecule has 4 rings (SSSR count). The number of carbonyl (C=O) groups is 2. The van der Waals surface area contributed by atoms with E-state index in [1.54, 1.807) is 17.0 Å². The third kappa shape index (κ3) is 4.37. The van der Waals surface area contributed by atoms with Gasteiger partial charge < -0.3 is 19.5 Å². The highest BCUT2D eigenvalue weighted by molar-refractivity contribution is 6.46. The van der Waals surface area contributed by atoms with Crippen LogP contribution in [0.15, 0.2) is 54.1 Å². The number of ether oxygens (including phenoxy) is 2. The van der Waals surface area contributed by atoms with Crippen molar-refractivity contribution in [2.75, 3.05) is 46.5 Å². The molecule has 1 atom stereocenters. The molecule has 0 radical (unpaired) electrons. The second-order valence-corrected chi connectivity index (χ2v) is 8.11. The fourth-order valence-electron chi connectivity index (χ4n) is 4.14.